The predicted molar refractivity (Wildman–Crippen MR) is 71.1 cm³/mol. The molecule has 2 atom stereocenters. The first-order valence-corrected chi connectivity index (χ1v) is 6.13. The number of nitrogens with zero attached hydrogens (tertiary/aromatic N) is 1. The van der Waals surface area contributed by atoms with Gasteiger partial charge in [-0.2, -0.15) is 0 Å². The summed E-state index contributed by atoms with van der Waals surface area (Å²) >= 11 is 5.63. The zero-order chi connectivity index (χ0) is 13.9. The van der Waals surface area contributed by atoms with Gasteiger partial charge < -0.3 is 4.90 Å². The second-order valence-corrected chi connectivity index (χ2v) is 4.92. The molecule has 0 bridgehead atoms. The highest BCUT2D eigenvalue weighted by atomic mass is 35.5. The lowest BCUT2D eigenvalue weighted by Gasteiger charge is -2.22. The van der Waals surface area contributed by atoms with Gasteiger partial charge in [-0.1, -0.05) is 17.7 Å². The lowest BCUT2D eigenvalue weighted by molar-refractivity contribution is -0.130. The van der Waals surface area contributed by atoms with E-state index in [0.717, 1.165) is 5.56 Å². The van der Waals surface area contributed by atoms with Crippen LogP contribution in [-0.2, 0) is 4.79 Å². The van der Waals surface area contributed by atoms with E-state index < -0.39 is 5.82 Å². The Kier molecular flexibility index (Phi) is 5.11. The third-order valence-corrected chi connectivity index (χ3v) is 3.06. The van der Waals surface area contributed by atoms with Crippen LogP contribution in [0.5, 0.6) is 0 Å². The number of hydrogen-bond donors (Lipinski definition) is 1. The van der Waals surface area contributed by atoms with Crippen LogP contribution in [0.25, 0.3) is 0 Å². The van der Waals surface area contributed by atoms with E-state index in [0.29, 0.717) is 0 Å². The molecule has 1 N–H and O–H groups in total. The monoisotopic (exact) mass is 272 g/mol. The number of carbonyl (C=O) groups is 1. The average molecular weight is 273 g/mol. The van der Waals surface area contributed by atoms with Gasteiger partial charge in [-0.25, -0.2) is 4.39 Å². The first-order chi connectivity index (χ1) is 8.32. The van der Waals surface area contributed by atoms with Crippen LogP contribution in [-0.4, -0.2) is 30.9 Å². The summed E-state index contributed by atoms with van der Waals surface area (Å²) in [6.45, 7) is 3.66. The van der Waals surface area contributed by atoms with Crippen LogP contribution in [0.3, 0.4) is 0 Å². The molecule has 0 radical (unpaired) electrons. The number of hydrogen-bond acceptors (Lipinski definition) is 2. The highest BCUT2D eigenvalue weighted by Gasteiger charge is 2.18. The zero-order valence-electron chi connectivity index (χ0n) is 11.0. The molecule has 1 aromatic rings. The second kappa shape index (κ2) is 6.16. The summed E-state index contributed by atoms with van der Waals surface area (Å²) in [5.74, 6) is -0.467. The zero-order valence-corrected chi connectivity index (χ0v) is 11.8. The first kappa shape index (κ1) is 14.9. The normalized spacial score (nSPS) is 14.1. The third-order valence-electron chi connectivity index (χ3n) is 2.75. The molecule has 0 aromatic heterocycles. The molecule has 3 nitrogen and oxygen atoms in total. The molecule has 0 aliphatic carbocycles. The molecule has 18 heavy (non-hydrogen) atoms. The Labute approximate surface area is 112 Å². The van der Waals surface area contributed by atoms with Crippen LogP contribution in [0, 0.1) is 5.82 Å². The van der Waals surface area contributed by atoms with Crippen molar-refractivity contribution in [1.82, 2.24) is 10.2 Å². The van der Waals surface area contributed by atoms with Crippen molar-refractivity contribution in [3.63, 3.8) is 0 Å². The maximum Gasteiger partial charge on any atom is 0.238 e. The van der Waals surface area contributed by atoms with Crippen molar-refractivity contribution < 1.29 is 9.18 Å². The maximum atomic E-state index is 13.3. The molecule has 0 saturated carbocycles. The Morgan fingerprint density at radius 1 is 1.39 bits per heavy atom. The van der Waals surface area contributed by atoms with Gasteiger partial charge >= 0.3 is 0 Å². The largest absolute Gasteiger partial charge is 0.347 e. The van der Waals surface area contributed by atoms with Crippen LogP contribution in [0.2, 0.25) is 5.02 Å². The van der Waals surface area contributed by atoms with Gasteiger partial charge in [-0.05, 0) is 31.5 Å². The number of likely N-dealkylation sites (N-methyl/N-ethyl adjacent to an activating group) is 1. The van der Waals surface area contributed by atoms with Crippen molar-refractivity contribution in [2.75, 3.05) is 14.1 Å². The van der Waals surface area contributed by atoms with Crippen LogP contribution in [0.15, 0.2) is 18.2 Å². The molecule has 0 heterocycles. The first-order valence-electron chi connectivity index (χ1n) is 5.75. The molecule has 2 unspecified atom stereocenters. The van der Waals surface area contributed by atoms with Crippen molar-refractivity contribution >= 4 is 17.5 Å². The number of rotatable bonds is 4. The molecule has 0 aliphatic rings. The highest BCUT2D eigenvalue weighted by Crippen LogP contribution is 2.20. The lowest BCUT2D eigenvalue weighted by atomic mass is 10.1. The molecular formula is C13H18ClFN2O. The SMILES string of the molecule is CC(NC(C)c1ccc(Cl)c(F)c1)C(=O)N(C)C. The van der Waals surface area contributed by atoms with E-state index in [-0.39, 0.29) is 23.0 Å². The summed E-state index contributed by atoms with van der Waals surface area (Å²) in [4.78, 5) is 13.2. The Morgan fingerprint density at radius 2 is 2.00 bits per heavy atom. The quantitative estimate of drug-likeness (QED) is 0.914. The van der Waals surface area contributed by atoms with Gasteiger partial charge in [0.2, 0.25) is 5.91 Å². The Balaban J connectivity index is 2.73. The summed E-state index contributed by atoms with van der Waals surface area (Å²) in [6, 6.07) is 4.19. The Morgan fingerprint density at radius 3 is 2.50 bits per heavy atom. The molecule has 5 heteroatoms. The number of carbonyl (C=O) groups excluding carboxylic acids is 1. The van der Waals surface area contributed by atoms with Crippen molar-refractivity contribution in [3.8, 4) is 0 Å². The van der Waals surface area contributed by atoms with Crippen molar-refractivity contribution in [2.45, 2.75) is 25.9 Å². The number of nitrogens with one attached hydrogen (secondary N) is 1. The van der Waals surface area contributed by atoms with Crippen molar-refractivity contribution in [3.05, 3.63) is 34.6 Å². The third kappa shape index (κ3) is 3.68. The molecule has 0 aliphatic heterocycles. The van der Waals surface area contributed by atoms with Crippen LogP contribution in [0.4, 0.5) is 4.39 Å². The number of amides is 1. The van der Waals surface area contributed by atoms with Gasteiger partial charge in [0, 0.05) is 20.1 Å². The van der Waals surface area contributed by atoms with Gasteiger partial charge in [0.15, 0.2) is 0 Å². The summed E-state index contributed by atoms with van der Waals surface area (Å²) in [6.07, 6.45) is 0. The summed E-state index contributed by atoms with van der Waals surface area (Å²) in [7, 11) is 3.40. The molecule has 1 amide bonds. The molecular weight excluding hydrogens is 255 g/mol. The number of halogens is 2. The molecule has 100 valence electrons. The van der Waals surface area contributed by atoms with E-state index >= 15 is 0 Å². The highest BCUT2D eigenvalue weighted by molar-refractivity contribution is 6.30. The van der Waals surface area contributed by atoms with E-state index in [1.807, 2.05) is 6.92 Å². The molecule has 0 saturated heterocycles. The van der Waals surface area contributed by atoms with Gasteiger partial charge in [-0.3, -0.25) is 10.1 Å². The fraction of sp³-hybridized carbons (Fsp3) is 0.462. The van der Waals surface area contributed by atoms with E-state index in [9.17, 15) is 9.18 Å². The van der Waals surface area contributed by atoms with Gasteiger partial charge in [-0.15, -0.1) is 0 Å². The standard InChI is InChI=1S/C13H18ClFN2O/c1-8(16-9(2)13(18)17(3)4)10-5-6-11(14)12(15)7-10/h5-9,16H,1-4H3. The maximum absolute atomic E-state index is 13.3. The fourth-order valence-corrected chi connectivity index (χ4v) is 1.83. The van der Waals surface area contributed by atoms with Crippen LogP contribution >= 0.6 is 11.6 Å². The smallest absolute Gasteiger partial charge is 0.238 e. The molecule has 1 aromatic carbocycles. The topological polar surface area (TPSA) is 32.3 Å². The predicted octanol–water partition coefficient (Wildman–Crippen LogP) is 2.61. The molecule has 0 fully saturated rings. The molecule has 0 spiro atoms. The Hall–Kier alpha value is -1.13. The fourth-order valence-electron chi connectivity index (χ4n) is 1.71. The van der Waals surface area contributed by atoms with E-state index in [1.54, 1.807) is 27.1 Å². The van der Waals surface area contributed by atoms with Gasteiger partial charge in [0.05, 0.1) is 11.1 Å². The summed E-state index contributed by atoms with van der Waals surface area (Å²) in [5.41, 5.74) is 0.760. The minimum absolute atomic E-state index is 0.0173. The van der Waals surface area contributed by atoms with E-state index in [4.69, 9.17) is 11.6 Å². The Bertz CT molecular complexity index is 437. The second-order valence-electron chi connectivity index (χ2n) is 4.52. The minimum atomic E-state index is -0.450. The van der Waals surface area contributed by atoms with Crippen LogP contribution < -0.4 is 5.32 Å². The summed E-state index contributed by atoms with van der Waals surface area (Å²) < 4.78 is 13.3. The average Bonchev–Trinajstić information content (AvgIpc) is 2.31. The van der Waals surface area contributed by atoms with E-state index in [1.165, 1.54) is 17.0 Å². The van der Waals surface area contributed by atoms with E-state index in [2.05, 4.69) is 5.32 Å². The van der Waals surface area contributed by atoms with Gasteiger partial charge in [0.25, 0.3) is 0 Å². The van der Waals surface area contributed by atoms with Crippen molar-refractivity contribution in [2.24, 2.45) is 0 Å². The number of benzene rings is 1. The minimum Gasteiger partial charge on any atom is -0.347 e. The van der Waals surface area contributed by atoms with Crippen LogP contribution in [0.1, 0.15) is 25.5 Å². The van der Waals surface area contributed by atoms with Gasteiger partial charge in [0.1, 0.15) is 5.82 Å². The summed E-state index contributed by atoms with van der Waals surface area (Å²) in [5, 5.41) is 3.22. The van der Waals surface area contributed by atoms with Crippen molar-refractivity contribution in [1.29, 1.82) is 0 Å². The lowest BCUT2D eigenvalue weighted by Crippen LogP contribution is -2.42. The molecule has 1 rings (SSSR count).